The minimum atomic E-state index is 0.251. The molecule has 1 fully saturated rings. The number of nitrogens with zero attached hydrogens (tertiary/aromatic N) is 1. The van der Waals surface area contributed by atoms with Crippen LogP contribution < -0.4 is 5.32 Å². The molecular formula is C12H22N2O. The van der Waals surface area contributed by atoms with Crippen molar-refractivity contribution in [3.63, 3.8) is 0 Å². The highest BCUT2D eigenvalue weighted by molar-refractivity contribution is 5.84. The fourth-order valence-electron chi connectivity index (χ4n) is 2.47. The van der Waals surface area contributed by atoms with E-state index in [4.69, 9.17) is 4.74 Å². The zero-order valence-electron chi connectivity index (χ0n) is 10.0. The van der Waals surface area contributed by atoms with Crippen LogP contribution in [0.2, 0.25) is 0 Å². The monoisotopic (exact) mass is 210 g/mol. The molecule has 15 heavy (non-hydrogen) atoms. The summed E-state index contributed by atoms with van der Waals surface area (Å²) in [7, 11) is 0. The van der Waals surface area contributed by atoms with Crippen molar-refractivity contribution >= 4 is 5.84 Å². The first-order valence-corrected chi connectivity index (χ1v) is 6.06. The van der Waals surface area contributed by atoms with Crippen LogP contribution in [0.4, 0.5) is 0 Å². The van der Waals surface area contributed by atoms with Crippen molar-refractivity contribution in [2.45, 2.75) is 52.2 Å². The fourth-order valence-corrected chi connectivity index (χ4v) is 2.47. The maximum absolute atomic E-state index is 5.71. The van der Waals surface area contributed by atoms with Gasteiger partial charge in [-0.25, -0.2) is 0 Å². The van der Waals surface area contributed by atoms with Crippen LogP contribution in [-0.2, 0) is 4.74 Å². The normalized spacial score (nSPS) is 33.4. The van der Waals surface area contributed by atoms with Crippen LogP contribution >= 0.6 is 0 Å². The Morgan fingerprint density at radius 3 is 2.87 bits per heavy atom. The van der Waals surface area contributed by atoms with Crippen molar-refractivity contribution in [2.75, 3.05) is 13.2 Å². The molecule has 0 saturated heterocycles. The van der Waals surface area contributed by atoms with Crippen LogP contribution in [0.25, 0.3) is 0 Å². The third-order valence-corrected chi connectivity index (χ3v) is 3.76. The first-order chi connectivity index (χ1) is 7.14. The van der Waals surface area contributed by atoms with E-state index >= 15 is 0 Å². The smallest absolute Gasteiger partial charge is 0.0966 e. The molecule has 3 nitrogen and oxygen atoms in total. The van der Waals surface area contributed by atoms with Gasteiger partial charge < -0.3 is 10.1 Å². The van der Waals surface area contributed by atoms with Crippen LogP contribution in [0.5, 0.6) is 0 Å². The molecule has 0 aromatic heterocycles. The third-order valence-electron chi connectivity index (χ3n) is 3.76. The van der Waals surface area contributed by atoms with Crippen LogP contribution in [0.3, 0.4) is 0 Å². The minimum absolute atomic E-state index is 0.251. The lowest BCUT2D eigenvalue weighted by molar-refractivity contribution is -0.109. The van der Waals surface area contributed by atoms with E-state index in [1.54, 1.807) is 0 Å². The summed E-state index contributed by atoms with van der Waals surface area (Å²) in [6.07, 6.45) is 3.89. The van der Waals surface area contributed by atoms with Gasteiger partial charge in [-0.2, -0.15) is 0 Å². The Hall–Kier alpha value is -0.570. The van der Waals surface area contributed by atoms with Crippen LogP contribution in [0.1, 0.15) is 40.0 Å². The van der Waals surface area contributed by atoms with Crippen molar-refractivity contribution in [3.8, 4) is 0 Å². The van der Waals surface area contributed by atoms with Gasteiger partial charge in [0.1, 0.15) is 0 Å². The van der Waals surface area contributed by atoms with E-state index in [0.29, 0.717) is 12.1 Å². The zero-order chi connectivity index (χ0) is 10.9. The van der Waals surface area contributed by atoms with Crippen molar-refractivity contribution in [1.82, 2.24) is 5.32 Å². The SMILES string of the molecule is CCOC1CC(NC2=NCCC2)C1(C)C. The van der Waals surface area contributed by atoms with Gasteiger partial charge in [0.15, 0.2) is 0 Å². The summed E-state index contributed by atoms with van der Waals surface area (Å²) < 4.78 is 5.71. The molecule has 0 radical (unpaired) electrons. The highest BCUT2D eigenvalue weighted by Crippen LogP contribution is 2.42. The fraction of sp³-hybridized carbons (Fsp3) is 0.917. The molecule has 1 saturated carbocycles. The zero-order valence-corrected chi connectivity index (χ0v) is 10.0. The van der Waals surface area contributed by atoms with E-state index in [9.17, 15) is 0 Å². The number of hydrogen-bond donors (Lipinski definition) is 1. The van der Waals surface area contributed by atoms with E-state index in [-0.39, 0.29) is 5.41 Å². The van der Waals surface area contributed by atoms with E-state index < -0.39 is 0 Å². The van der Waals surface area contributed by atoms with Gasteiger partial charge in [0.05, 0.1) is 11.9 Å². The molecule has 1 heterocycles. The molecule has 0 bridgehead atoms. The summed E-state index contributed by atoms with van der Waals surface area (Å²) in [5, 5.41) is 3.56. The summed E-state index contributed by atoms with van der Waals surface area (Å²) in [6, 6.07) is 0.547. The molecule has 2 rings (SSSR count). The minimum Gasteiger partial charge on any atom is -0.378 e. The first-order valence-electron chi connectivity index (χ1n) is 6.06. The predicted octanol–water partition coefficient (Wildman–Crippen LogP) is 1.97. The van der Waals surface area contributed by atoms with Crippen LogP contribution in [0, 0.1) is 5.41 Å². The maximum Gasteiger partial charge on any atom is 0.0966 e. The molecule has 2 atom stereocenters. The Labute approximate surface area is 92.3 Å². The lowest BCUT2D eigenvalue weighted by Crippen LogP contribution is -2.61. The number of hydrogen-bond acceptors (Lipinski definition) is 3. The van der Waals surface area contributed by atoms with Gasteiger partial charge in [0.25, 0.3) is 0 Å². The topological polar surface area (TPSA) is 33.6 Å². The maximum atomic E-state index is 5.71. The summed E-state index contributed by atoms with van der Waals surface area (Å²) in [5.41, 5.74) is 0.251. The largest absolute Gasteiger partial charge is 0.378 e. The van der Waals surface area contributed by atoms with Gasteiger partial charge in [-0.3, -0.25) is 4.99 Å². The Kier molecular flexibility index (Phi) is 3.01. The Morgan fingerprint density at radius 2 is 2.33 bits per heavy atom. The first kappa shape index (κ1) is 10.9. The summed E-state index contributed by atoms with van der Waals surface area (Å²) in [6.45, 7) is 8.46. The molecular weight excluding hydrogens is 188 g/mol. The number of nitrogens with one attached hydrogen (secondary N) is 1. The van der Waals surface area contributed by atoms with E-state index in [0.717, 1.165) is 26.0 Å². The molecule has 3 heteroatoms. The average Bonchev–Trinajstić information content (AvgIpc) is 2.69. The summed E-state index contributed by atoms with van der Waals surface area (Å²) >= 11 is 0. The second kappa shape index (κ2) is 4.12. The average molecular weight is 210 g/mol. The summed E-state index contributed by atoms with van der Waals surface area (Å²) in [4.78, 5) is 4.46. The molecule has 2 aliphatic rings. The van der Waals surface area contributed by atoms with Gasteiger partial charge in [-0.1, -0.05) is 13.8 Å². The second-order valence-electron chi connectivity index (χ2n) is 5.13. The van der Waals surface area contributed by atoms with E-state index in [2.05, 4.69) is 31.1 Å². The highest BCUT2D eigenvalue weighted by atomic mass is 16.5. The van der Waals surface area contributed by atoms with Gasteiger partial charge in [0, 0.05) is 31.0 Å². The quantitative estimate of drug-likeness (QED) is 0.772. The molecule has 1 aliphatic carbocycles. The molecule has 0 spiro atoms. The third kappa shape index (κ3) is 2.03. The molecule has 0 aromatic carbocycles. The van der Waals surface area contributed by atoms with Crippen molar-refractivity contribution < 1.29 is 4.74 Å². The predicted molar refractivity (Wildman–Crippen MR) is 62.3 cm³/mol. The van der Waals surface area contributed by atoms with Gasteiger partial charge in [0.2, 0.25) is 0 Å². The number of amidine groups is 1. The van der Waals surface area contributed by atoms with Crippen LogP contribution in [-0.4, -0.2) is 31.1 Å². The van der Waals surface area contributed by atoms with Crippen molar-refractivity contribution in [1.29, 1.82) is 0 Å². The highest BCUT2D eigenvalue weighted by Gasteiger charge is 2.49. The van der Waals surface area contributed by atoms with Crippen molar-refractivity contribution in [2.24, 2.45) is 10.4 Å². The Bertz CT molecular complexity index is 260. The van der Waals surface area contributed by atoms with E-state index in [1.165, 1.54) is 12.3 Å². The Balaban J connectivity index is 1.85. The van der Waals surface area contributed by atoms with Gasteiger partial charge in [-0.05, 0) is 19.8 Å². The van der Waals surface area contributed by atoms with Gasteiger partial charge in [-0.15, -0.1) is 0 Å². The van der Waals surface area contributed by atoms with Gasteiger partial charge >= 0.3 is 0 Å². The molecule has 86 valence electrons. The van der Waals surface area contributed by atoms with Crippen LogP contribution in [0.15, 0.2) is 4.99 Å². The lowest BCUT2D eigenvalue weighted by Gasteiger charge is -2.52. The standard InChI is InChI=1S/C12H22N2O/c1-4-15-10-8-9(12(10,2)3)14-11-6-5-7-13-11/h9-10H,4-8H2,1-3H3,(H,13,14). The molecule has 1 N–H and O–H groups in total. The van der Waals surface area contributed by atoms with E-state index in [1.807, 2.05) is 0 Å². The Morgan fingerprint density at radius 1 is 1.53 bits per heavy atom. The number of rotatable bonds is 3. The molecule has 0 amide bonds. The van der Waals surface area contributed by atoms with Crippen molar-refractivity contribution in [3.05, 3.63) is 0 Å². The lowest BCUT2D eigenvalue weighted by atomic mass is 9.64. The number of ether oxygens (including phenoxy) is 1. The second-order valence-corrected chi connectivity index (χ2v) is 5.13. The molecule has 1 aliphatic heterocycles. The number of aliphatic imine (C=N–C) groups is 1. The molecule has 0 aromatic rings. The molecule has 2 unspecified atom stereocenters. The summed E-state index contributed by atoms with van der Waals surface area (Å²) in [5.74, 6) is 1.21.